The summed E-state index contributed by atoms with van der Waals surface area (Å²) in [6, 6.07) is 19.4. The highest BCUT2D eigenvalue weighted by atomic mass is 35.5. The molecule has 0 amide bonds. The lowest BCUT2D eigenvalue weighted by Gasteiger charge is -2.31. The molecule has 208 valence electrons. The van der Waals surface area contributed by atoms with E-state index in [0.29, 0.717) is 17.0 Å². The van der Waals surface area contributed by atoms with E-state index in [1.165, 1.54) is 42.4 Å². The van der Waals surface area contributed by atoms with Crippen LogP contribution in [-0.4, -0.2) is 60.7 Å². The number of nitrogens with zero attached hydrogens (tertiary/aromatic N) is 1. The predicted molar refractivity (Wildman–Crippen MR) is 154 cm³/mol. The van der Waals surface area contributed by atoms with Crippen molar-refractivity contribution in [3.8, 4) is 11.1 Å². The third kappa shape index (κ3) is 7.07. The molecule has 0 heterocycles. The van der Waals surface area contributed by atoms with Crippen molar-refractivity contribution in [2.45, 2.75) is 49.6 Å². The van der Waals surface area contributed by atoms with Gasteiger partial charge in [-0.05, 0) is 85.5 Å². The summed E-state index contributed by atoms with van der Waals surface area (Å²) >= 11 is 6.07. The van der Waals surface area contributed by atoms with Crippen LogP contribution in [0.5, 0.6) is 0 Å². The van der Waals surface area contributed by atoms with Gasteiger partial charge in [-0.3, -0.25) is 0 Å². The average molecular weight is 571 g/mol. The summed E-state index contributed by atoms with van der Waals surface area (Å²) in [6.07, 6.45) is 2.20. The van der Waals surface area contributed by atoms with Crippen LogP contribution in [0, 0.1) is 5.92 Å². The standard InChI is InChI=1S/C30H35ClN2O5S/c1-30(2,17-20-14-22-6-4-5-7-23(22)15-20)32-18-25(34)19-33(3)39(37,38)26-11-8-21(9-12-26)24-10-13-27(29(35)36)28(31)16-24/h4-13,16,20,25,32,34H,14-15,17-19H2,1-3H3,(H,35,36)/t25-/m0/s1. The van der Waals surface area contributed by atoms with Crippen molar-refractivity contribution in [3.05, 3.63) is 88.4 Å². The number of rotatable bonds is 11. The van der Waals surface area contributed by atoms with Crippen molar-refractivity contribution in [3.63, 3.8) is 0 Å². The summed E-state index contributed by atoms with van der Waals surface area (Å²) in [6.45, 7) is 4.47. The second-order valence-electron chi connectivity index (χ2n) is 11.0. The molecule has 3 aromatic rings. The Kier molecular flexibility index (Phi) is 8.83. The molecule has 9 heteroatoms. The summed E-state index contributed by atoms with van der Waals surface area (Å²) < 4.78 is 27.4. The third-order valence-electron chi connectivity index (χ3n) is 7.31. The molecular weight excluding hydrogens is 536 g/mol. The number of nitrogens with one attached hydrogen (secondary N) is 1. The van der Waals surface area contributed by atoms with Gasteiger partial charge in [0.25, 0.3) is 0 Å². The van der Waals surface area contributed by atoms with Crippen LogP contribution in [0.15, 0.2) is 71.6 Å². The smallest absolute Gasteiger partial charge is 0.337 e. The molecule has 39 heavy (non-hydrogen) atoms. The lowest BCUT2D eigenvalue weighted by molar-refractivity contribution is 0.0697. The monoisotopic (exact) mass is 570 g/mol. The second-order valence-corrected chi connectivity index (χ2v) is 13.4. The summed E-state index contributed by atoms with van der Waals surface area (Å²) in [5.41, 5.74) is 4.00. The van der Waals surface area contributed by atoms with Crippen molar-refractivity contribution in [2.75, 3.05) is 20.1 Å². The van der Waals surface area contributed by atoms with Gasteiger partial charge >= 0.3 is 5.97 Å². The summed E-state index contributed by atoms with van der Waals surface area (Å²) in [7, 11) is -2.36. The number of benzene rings is 3. The Labute approximate surface area is 235 Å². The number of carboxylic acid groups (broad SMARTS) is 1. The van der Waals surface area contributed by atoms with E-state index >= 15 is 0 Å². The Balaban J connectivity index is 1.32. The van der Waals surface area contributed by atoms with Gasteiger partial charge in [-0.25, -0.2) is 13.2 Å². The van der Waals surface area contributed by atoms with Crippen LogP contribution in [0.4, 0.5) is 0 Å². The van der Waals surface area contributed by atoms with Gasteiger partial charge in [-0.2, -0.15) is 4.31 Å². The van der Waals surface area contributed by atoms with Gasteiger partial charge in [0, 0.05) is 25.7 Å². The summed E-state index contributed by atoms with van der Waals surface area (Å²) in [5.74, 6) is -0.573. The minimum Gasteiger partial charge on any atom is -0.478 e. The van der Waals surface area contributed by atoms with Crippen molar-refractivity contribution >= 4 is 27.6 Å². The predicted octanol–water partition coefficient (Wildman–Crippen LogP) is 4.86. The molecule has 0 saturated heterocycles. The minimum atomic E-state index is -3.82. The molecule has 0 fully saturated rings. The highest BCUT2D eigenvalue weighted by molar-refractivity contribution is 7.89. The van der Waals surface area contributed by atoms with E-state index in [4.69, 9.17) is 16.7 Å². The topological polar surface area (TPSA) is 107 Å². The molecule has 1 aliphatic carbocycles. The molecule has 7 nitrogen and oxygen atoms in total. The number of fused-ring (bicyclic) bond motifs is 1. The molecule has 0 spiro atoms. The number of sulfonamides is 1. The van der Waals surface area contributed by atoms with Gasteiger partial charge in [0.05, 0.1) is 21.6 Å². The Bertz CT molecular complexity index is 1410. The molecule has 4 rings (SSSR count). The van der Waals surface area contributed by atoms with Crippen molar-refractivity contribution in [2.24, 2.45) is 5.92 Å². The van der Waals surface area contributed by atoms with Crippen molar-refractivity contribution in [1.29, 1.82) is 0 Å². The number of likely N-dealkylation sites (N-methyl/N-ethyl adjacent to an activating group) is 1. The van der Waals surface area contributed by atoms with Gasteiger partial charge in [-0.15, -0.1) is 0 Å². The van der Waals surface area contributed by atoms with Crippen LogP contribution < -0.4 is 5.32 Å². The van der Waals surface area contributed by atoms with E-state index in [-0.39, 0.29) is 34.1 Å². The number of carbonyl (C=O) groups is 1. The maximum absolute atomic E-state index is 13.1. The SMILES string of the molecule is CN(C[C@@H](O)CNC(C)(C)CC1Cc2ccccc2C1)S(=O)(=O)c1ccc(-c2ccc(C(=O)O)c(Cl)c2)cc1. The highest BCUT2D eigenvalue weighted by Crippen LogP contribution is 2.32. The molecule has 0 radical (unpaired) electrons. The Hall–Kier alpha value is -2.75. The molecule has 0 aliphatic heterocycles. The zero-order valence-electron chi connectivity index (χ0n) is 22.4. The minimum absolute atomic E-state index is 0.00165. The number of carboxylic acids is 1. The largest absolute Gasteiger partial charge is 0.478 e. The molecule has 1 aliphatic rings. The van der Waals surface area contributed by atoms with Crippen LogP contribution >= 0.6 is 11.6 Å². The highest BCUT2D eigenvalue weighted by Gasteiger charge is 2.29. The van der Waals surface area contributed by atoms with Crippen LogP contribution in [0.25, 0.3) is 11.1 Å². The number of aliphatic hydroxyl groups is 1. The molecule has 0 unspecified atom stereocenters. The van der Waals surface area contributed by atoms with Gasteiger partial charge in [0.2, 0.25) is 10.0 Å². The lowest BCUT2D eigenvalue weighted by atomic mass is 9.88. The van der Waals surface area contributed by atoms with E-state index in [1.54, 1.807) is 18.2 Å². The lowest BCUT2D eigenvalue weighted by Crippen LogP contribution is -2.47. The maximum Gasteiger partial charge on any atom is 0.337 e. The van der Waals surface area contributed by atoms with E-state index in [1.807, 2.05) is 0 Å². The van der Waals surface area contributed by atoms with E-state index < -0.39 is 22.1 Å². The Morgan fingerprint density at radius 1 is 1.05 bits per heavy atom. The quantitative estimate of drug-likeness (QED) is 0.304. The van der Waals surface area contributed by atoms with Crippen LogP contribution in [-0.2, 0) is 22.9 Å². The molecule has 0 saturated carbocycles. The number of aromatic carboxylic acids is 1. The number of hydrogen-bond acceptors (Lipinski definition) is 5. The summed E-state index contributed by atoms with van der Waals surface area (Å²) in [5, 5.41) is 23.3. The zero-order valence-corrected chi connectivity index (χ0v) is 24.0. The van der Waals surface area contributed by atoms with Gasteiger partial charge < -0.3 is 15.5 Å². The second kappa shape index (κ2) is 11.8. The fourth-order valence-electron chi connectivity index (χ4n) is 5.31. The number of hydrogen-bond donors (Lipinski definition) is 3. The third-order valence-corrected chi connectivity index (χ3v) is 9.46. The number of aliphatic hydroxyl groups excluding tert-OH is 1. The van der Waals surface area contributed by atoms with Crippen LogP contribution in [0.2, 0.25) is 5.02 Å². The fraction of sp³-hybridized carbons (Fsp3) is 0.367. The van der Waals surface area contributed by atoms with Gasteiger partial charge in [-0.1, -0.05) is 54.1 Å². The van der Waals surface area contributed by atoms with Gasteiger partial charge in [0.15, 0.2) is 0 Å². The zero-order chi connectivity index (χ0) is 28.4. The molecule has 0 bridgehead atoms. The summed E-state index contributed by atoms with van der Waals surface area (Å²) in [4.78, 5) is 11.3. The van der Waals surface area contributed by atoms with E-state index in [0.717, 1.165) is 23.6 Å². The molecule has 1 atom stereocenters. The first-order valence-electron chi connectivity index (χ1n) is 13.0. The number of β-amino-alcohol motifs (C(OH)–C–C–N with tert-alkyl or cyclic N) is 1. The van der Waals surface area contributed by atoms with Crippen LogP contribution in [0.1, 0.15) is 41.8 Å². The van der Waals surface area contributed by atoms with E-state index in [9.17, 15) is 18.3 Å². The normalized spacial score (nSPS) is 14.9. The Morgan fingerprint density at radius 3 is 2.21 bits per heavy atom. The molecule has 3 aromatic carbocycles. The number of halogens is 1. The van der Waals surface area contributed by atoms with Gasteiger partial charge in [0.1, 0.15) is 0 Å². The molecule has 0 aromatic heterocycles. The van der Waals surface area contributed by atoms with Crippen LogP contribution in [0.3, 0.4) is 0 Å². The first-order chi connectivity index (χ1) is 18.4. The van der Waals surface area contributed by atoms with Crippen molar-refractivity contribution in [1.82, 2.24) is 9.62 Å². The Morgan fingerprint density at radius 2 is 1.64 bits per heavy atom. The first kappa shape index (κ1) is 29.2. The molecular formula is C30H35ClN2O5S. The van der Waals surface area contributed by atoms with Crippen molar-refractivity contribution < 1.29 is 23.4 Å². The molecule has 3 N–H and O–H groups in total. The fourth-order valence-corrected chi connectivity index (χ4v) is 6.78. The first-order valence-corrected chi connectivity index (χ1v) is 14.8. The average Bonchev–Trinajstić information content (AvgIpc) is 3.29. The van der Waals surface area contributed by atoms with E-state index in [2.05, 4.69) is 43.4 Å². The maximum atomic E-state index is 13.1.